The van der Waals surface area contributed by atoms with Gasteiger partial charge in [-0.15, -0.1) is 10.0 Å². The summed E-state index contributed by atoms with van der Waals surface area (Å²) in [5.41, 5.74) is 0.613. The molecule has 1 aromatic carbocycles. The number of aromatic nitrogens is 3. The minimum Gasteiger partial charge on any atom is -0.257 e. The van der Waals surface area contributed by atoms with E-state index in [2.05, 4.69) is 20.6 Å². The Kier molecular flexibility index (Phi) is 1.33. The molecule has 12 heavy (non-hydrogen) atoms. The first-order valence-electron chi connectivity index (χ1n) is 3.15. The Hall–Kier alpha value is -1.85. The van der Waals surface area contributed by atoms with E-state index < -0.39 is 5.82 Å². The van der Waals surface area contributed by atoms with Crippen molar-refractivity contribution in [3.63, 3.8) is 0 Å². The van der Waals surface area contributed by atoms with Crippen LogP contribution in [0.25, 0.3) is 11.0 Å². The van der Waals surface area contributed by atoms with E-state index in [-0.39, 0.29) is 5.69 Å². The number of aromatic amines is 1. The van der Waals surface area contributed by atoms with Crippen LogP contribution < -0.4 is 0 Å². The molecule has 0 saturated heterocycles. The lowest BCUT2D eigenvalue weighted by atomic mass is 10.3. The molecule has 2 aromatic rings. The highest BCUT2D eigenvalue weighted by molar-refractivity contribution is 5.77. The topological polar surface area (TPSA) is 71.0 Å². The summed E-state index contributed by atoms with van der Waals surface area (Å²) >= 11 is 0. The van der Waals surface area contributed by atoms with Crippen LogP contribution in [0.15, 0.2) is 17.3 Å². The van der Waals surface area contributed by atoms with Crippen molar-refractivity contribution in [3.8, 4) is 0 Å². The van der Waals surface area contributed by atoms with Gasteiger partial charge < -0.3 is 0 Å². The predicted molar refractivity (Wildman–Crippen MR) is 39.3 cm³/mol. The highest BCUT2D eigenvalue weighted by atomic mass is 19.1. The number of nitroso groups, excluding NO2 is 1. The summed E-state index contributed by atoms with van der Waals surface area (Å²) in [5, 5.41) is 12.0. The normalized spacial score (nSPS) is 10.4. The second-order valence-electron chi connectivity index (χ2n) is 2.22. The molecule has 0 atom stereocenters. The van der Waals surface area contributed by atoms with Crippen LogP contribution in [0.5, 0.6) is 0 Å². The minimum absolute atomic E-state index is 0.253. The number of benzene rings is 1. The lowest BCUT2D eigenvalue weighted by molar-refractivity contribution is 0.631. The molecule has 0 fully saturated rings. The fourth-order valence-corrected chi connectivity index (χ4v) is 0.926. The van der Waals surface area contributed by atoms with E-state index >= 15 is 0 Å². The average molecular weight is 166 g/mol. The van der Waals surface area contributed by atoms with E-state index in [9.17, 15) is 9.30 Å². The molecule has 0 saturated carbocycles. The third-order valence-corrected chi connectivity index (χ3v) is 1.49. The first-order valence-corrected chi connectivity index (χ1v) is 3.15. The van der Waals surface area contributed by atoms with Crippen LogP contribution in [0.4, 0.5) is 10.1 Å². The number of halogens is 1. The van der Waals surface area contributed by atoms with Crippen molar-refractivity contribution >= 4 is 16.7 Å². The Bertz CT molecular complexity index is 438. The predicted octanol–water partition coefficient (Wildman–Crippen LogP) is 1.49. The van der Waals surface area contributed by atoms with Crippen LogP contribution in [-0.2, 0) is 0 Å². The maximum absolute atomic E-state index is 12.8. The number of nitrogens with one attached hydrogen (secondary N) is 1. The maximum atomic E-state index is 12.8. The summed E-state index contributed by atoms with van der Waals surface area (Å²) in [5.74, 6) is -0.677. The quantitative estimate of drug-likeness (QED) is 0.652. The van der Waals surface area contributed by atoms with Gasteiger partial charge in [-0.3, -0.25) is 5.10 Å². The van der Waals surface area contributed by atoms with Crippen molar-refractivity contribution in [1.29, 1.82) is 0 Å². The molecule has 60 valence electrons. The third-order valence-electron chi connectivity index (χ3n) is 1.49. The van der Waals surface area contributed by atoms with Gasteiger partial charge in [-0.25, -0.2) is 4.39 Å². The number of rotatable bonds is 1. The number of nitrogens with zero attached hydrogens (tertiary/aromatic N) is 3. The van der Waals surface area contributed by atoms with Crippen molar-refractivity contribution in [2.45, 2.75) is 0 Å². The summed E-state index contributed by atoms with van der Waals surface area (Å²) in [4.78, 5) is 10.0. The van der Waals surface area contributed by atoms with E-state index in [1.165, 1.54) is 6.07 Å². The maximum Gasteiger partial charge on any atom is 0.154 e. The molecule has 0 unspecified atom stereocenters. The van der Waals surface area contributed by atoms with Gasteiger partial charge in [0.1, 0.15) is 11.2 Å². The summed E-state index contributed by atoms with van der Waals surface area (Å²) < 4.78 is 12.8. The van der Waals surface area contributed by atoms with Gasteiger partial charge in [0, 0.05) is 12.1 Å². The molecule has 1 N–H and O–H groups in total. The Morgan fingerprint density at radius 3 is 3.08 bits per heavy atom. The van der Waals surface area contributed by atoms with Crippen LogP contribution in [0, 0.1) is 10.7 Å². The fraction of sp³-hybridized carbons (Fsp3) is 0. The van der Waals surface area contributed by atoms with Crippen LogP contribution in [0.3, 0.4) is 0 Å². The largest absolute Gasteiger partial charge is 0.257 e. The van der Waals surface area contributed by atoms with E-state index in [4.69, 9.17) is 0 Å². The van der Waals surface area contributed by atoms with Gasteiger partial charge in [-0.05, 0) is 5.18 Å². The Morgan fingerprint density at radius 2 is 2.33 bits per heavy atom. The van der Waals surface area contributed by atoms with Gasteiger partial charge in [-0.1, -0.05) is 5.21 Å². The molecule has 6 heteroatoms. The molecule has 0 aliphatic carbocycles. The summed E-state index contributed by atoms with van der Waals surface area (Å²) in [7, 11) is 0. The van der Waals surface area contributed by atoms with Crippen molar-refractivity contribution < 1.29 is 4.39 Å². The first kappa shape index (κ1) is 6.84. The zero-order chi connectivity index (χ0) is 8.55. The minimum atomic E-state index is -0.677. The molecule has 0 aliphatic rings. The Labute approximate surface area is 65.6 Å². The SMILES string of the molecule is O=Nc1cc2nn[nH]c2cc1F. The molecular weight excluding hydrogens is 163 g/mol. The molecular formula is C6H3FN4O. The van der Waals surface area contributed by atoms with Crippen LogP contribution in [0.1, 0.15) is 0 Å². The average Bonchev–Trinajstić information content (AvgIpc) is 2.49. The fourth-order valence-electron chi connectivity index (χ4n) is 0.926. The van der Waals surface area contributed by atoms with Crippen molar-refractivity contribution in [1.82, 2.24) is 15.4 Å². The zero-order valence-electron chi connectivity index (χ0n) is 5.78. The monoisotopic (exact) mass is 166 g/mol. The van der Waals surface area contributed by atoms with Crippen molar-refractivity contribution in [3.05, 3.63) is 22.9 Å². The molecule has 0 amide bonds. The van der Waals surface area contributed by atoms with E-state index in [0.717, 1.165) is 6.07 Å². The number of hydrogen-bond donors (Lipinski definition) is 1. The molecule has 0 bridgehead atoms. The highest BCUT2D eigenvalue weighted by Gasteiger charge is 2.06. The second kappa shape index (κ2) is 2.33. The molecule has 0 aliphatic heterocycles. The van der Waals surface area contributed by atoms with E-state index in [1.54, 1.807) is 0 Å². The van der Waals surface area contributed by atoms with Crippen LogP contribution >= 0.6 is 0 Å². The third kappa shape index (κ3) is 0.849. The van der Waals surface area contributed by atoms with Crippen LogP contribution in [0.2, 0.25) is 0 Å². The van der Waals surface area contributed by atoms with Gasteiger partial charge in [0.2, 0.25) is 0 Å². The summed E-state index contributed by atoms with van der Waals surface area (Å²) in [6, 6.07) is 2.37. The van der Waals surface area contributed by atoms with Gasteiger partial charge >= 0.3 is 0 Å². The van der Waals surface area contributed by atoms with E-state index in [0.29, 0.717) is 11.0 Å². The van der Waals surface area contributed by atoms with Crippen molar-refractivity contribution in [2.75, 3.05) is 0 Å². The van der Waals surface area contributed by atoms with Crippen molar-refractivity contribution in [2.24, 2.45) is 5.18 Å². The van der Waals surface area contributed by atoms with Crippen LogP contribution in [-0.4, -0.2) is 15.4 Å². The smallest absolute Gasteiger partial charge is 0.154 e. The summed E-state index contributed by atoms with van der Waals surface area (Å²) in [6.07, 6.45) is 0. The van der Waals surface area contributed by atoms with Gasteiger partial charge in [0.25, 0.3) is 0 Å². The molecule has 1 heterocycles. The number of hydrogen-bond acceptors (Lipinski definition) is 4. The zero-order valence-corrected chi connectivity index (χ0v) is 5.78. The number of H-pyrrole nitrogens is 1. The highest BCUT2D eigenvalue weighted by Crippen LogP contribution is 2.21. The second-order valence-corrected chi connectivity index (χ2v) is 2.22. The molecule has 5 nitrogen and oxygen atoms in total. The molecule has 2 rings (SSSR count). The molecule has 0 spiro atoms. The Morgan fingerprint density at radius 1 is 1.50 bits per heavy atom. The molecule has 1 aromatic heterocycles. The van der Waals surface area contributed by atoms with Gasteiger partial charge in [0.05, 0.1) is 5.52 Å². The lowest BCUT2D eigenvalue weighted by Gasteiger charge is -1.90. The lowest BCUT2D eigenvalue weighted by Crippen LogP contribution is -1.76. The summed E-state index contributed by atoms with van der Waals surface area (Å²) in [6.45, 7) is 0. The van der Waals surface area contributed by atoms with Gasteiger partial charge in [0.15, 0.2) is 5.82 Å². The molecule has 0 radical (unpaired) electrons. The Balaban J connectivity index is 2.81. The standard InChI is InChI=1S/C6H3FN4O/c7-3-1-5-6(9-11-8-5)2-4(3)10-12/h1-2H,(H,8,9,11). The van der Waals surface area contributed by atoms with Gasteiger partial charge in [-0.2, -0.15) is 0 Å². The first-order chi connectivity index (χ1) is 5.81. The number of fused-ring (bicyclic) bond motifs is 1. The van der Waals surface area contributed by atoms with E-state index in [1.807, 2.05) is 0 Å².